The van der Waals surface area contributed by atoms with Gasteiger partial charge in [0, 0.05) is 6.04 Å². The van der Waals surface area contributed by atoms with Crippen LogP contribution in [-0.2, 0) is 0 Å². The molecule has 1 unspecified atom stereocenters. The molecule has 1 aromatic heterocycles. The Morgan fingerprint density at radius 2 is 2.10 bits per heavy atom. The monoisotopic (exact) mass is 288 g/mol. The Bertz CT molecular complexity index is 631. The molecular weight excluding hydrogens is 264 g/mol. The van der Waals surface area contributed by atoms with Crippen LogP contribution in [0.25, 0.3) is 11.0 Å². The highest BCUT2D eigenvalue weighted by molar-refractivity contribution is 6.01. The first kappa shape index (κ1) is 15.5. The maximum absolute atomic E-state index is 11.3. The summed E-state index contributed by atoms with van der Waals surface area (Å²) < 4.78 is 2.17. The molecule has 0 spiro atoms. The van der Waals surface area contributed by atoms with Crippen molar-refractivity contribution in [3.8, 4) is 0 Å². The summed E-state index contributed by atoms with van der Waals surface area (Å²) in [6, 6.07) is 5.72. The number of aromatic carboxylic acids is 1. The molecule has 1 atom stereocenters. The molecule has 1 aromatic carbocycles. The van der Waals surface area contributed by atoms with Crippen LogP contribution in [0.5, 0.6) is 0 Å². The summed E-state index contributed by atoms with van der Waals surface area (Å²) >= 11 is 0. The van der Waals surface area contributed by atoms with Crippen molar-refractivity contribution in [1.29, 1.82) is 0 Å². The summed E-state index contributed by atoms with van der Waals surface area (Å²) in [6.45, 7) is 6.35. The third-order valence-corrected chi connectivity index (χ3v) is 4.04. The standard InChI is InChI=1S/C17H24N2O2/c1-4-5-6-7-9-12(2)19-13(3)18-16-14(17(20)21)10-8-11-15(16)19/h8,10-12H,4-7,9H2,1-3H3,(H,20,21). The summed E-state index contributed by atoms with van der Waals surface area (Å²) in [5.41, 5.74) is 1.81. The second-order valence-electron chi connectivity index (χ2n) is 5.71. The van der Waals surface area contributed by atoms with Crippen LogP contribution in [0, 0.1) is 6.92 Å². The number of benzene rings is 1. The van der Waals surface area contributed by atoms with Gasteiger partial charge in [-0.25, -0.2) is 9.78 Å². The van der Waals surface area contributed by atoms with Gasteiger partial charge >= 0.3 is 5.97 Å². The summed E-state index contributed by atoms with van der Waals surface area (Å²) in [7, 11) is 0. The lowest BCUT2D eigenvalue weighted by Gasteiger charge is -2.16. The molecule has 0 aliphatic rings. The Hall–Kier alpha value is -1.84. The Balaban J connectivity index is 2.29. The average Bonchev–Trinajstić information content (AvgIpc) is 2.78. The number of para-hydroxylation sites is 1. The van der Waals surface area contributed by atoms with E-state index in [-0.39, 0.29) is 5.56 Å². The van der Waals surface area contributed by atoms with Gasteiger partial charge < -0.3 is 9.67 Å². The van der Waals surface area contributed by atoms with Gasteiger partial charge in [0.1, 0.15) is 11.3 Å². The molecule has 0 amide bonds. The molecule has 2 aromatic rings. The Morgan fingerprint density at radius 1 is 1.33 bits per heavy atom. The van der Waals surface area contributed by atoms with E-state index >= 15 is 0 Å². The van der Waals surface area contributed by atoms with E-state index in [0.717, 1.165) is 17.8 Å². The van der Waals surface area contributed by atoms with E-state index in [2.05, 4.69) is 23.4 Å². The Morgan fingerprint density at radius 3 is 2.76 bits per heavy atom. The quantitative estimate of drug-likeness (QED) is 0.759. The Kier molecular flexibility index (Phi) is 4.99. The molecule has 0 fully saturated rings. The highest BCUT2D eigenvalue weighted by Gasteiger charge is 2.17. The van der Waals surface area contributed by atoms with Gasteiger partial charge in [0.15, 0.2) is 0 Å². The van der Waals surface area contributed by atoms with Crippen molar-refractivity contribution in [2.24, 2.45) is 0 Å². The van der Waals surface area contributed by atoms with Crippen molar-refractivity contribution in [3.05, 3.63) is 29.6 Å². The minimum Gasteiger partial charge on any atom is -0.478 e. The molecule has 0 saturated heterocycles. The van der Waals surface area contributed by atoms with Crippen molar-refractivity contribution in [2.75, 3.05) is 0 Å². The van der Waals surface area contributed by atoms with E-state index in [1.165, 1.54) is 25.7 Å². The molecule has 114 valence electrons. The van der Waals surface area contributed by atoms with Gasteiger partial charge in [-0.2, -0.15) is 0 Å². The van der Waals surface area contributed by atoms with E-state index in [0.29, 0.717) is 11.6 Å². The van der Waals surface area contributed by atoms with Crippen LogP contribution in [0.4, 0.5) is 0 Å². The van der Waals surface area contributed by atoms with E-state index in [1.807, 2.05) is 13.0 Å². The molecule has 1 N–H and O–H groups in total. The summed E-state index contributed by atoms with van der Waals surface area (Å²) in [4.78, 5) is 15.8. The zero-order valence-electron chi connectivity index (χ0n) is 13.1. The summed E-state index contributed by atoms with van der Waals surface area (Å²) in [5, 5.41) is 9.27. The molecule has 1 heterocycles. The molecule has 4 nitrogen and oxygen atoms in total. The number of unbranched alkanes of at least 4 members (excludes halogenated alkanes) is 3. The third-order valence-electron chi connectivity index (χ3n) is 4.04. The number of carboxylic acid groups (broad SMARTS) is 1. The van der Waals surface area contributed by atoms with Gasteiger partial charge in [0.25, 0.3) is 0 Å². The average molecular weight is 288 g/mol. The first-order chi connectivity index (χ1) is 10.1. The van der Waals surface area contributed by atoms with Crippen LogP contribution < -0.4 is 0 Å². The van der Waals surface area contributed by atoms with Crippen LogP contribution in [0.1, 0.15) is 68.2 Å². The zero-order valence-corrected chi connectivity index (χ0v) is 13.1. The topological polar surface area (TPSA) is 55.1 Å². The minimum absolute atomic E-state index is 0.285. The van der Waals surface area contributed by atoms with Crippen LogP contribution in [0.15, 0.2) is 18.2 Å². The van der Waals surface area contributed by atoms with Crippen molar-refractivity contribution >= 4 is 17.0 Å². The van der Waals surface area contributed by atoms with Crippen LogP contribution in [0.3, 0.4) is 0 Å². The number of carboxylic acids is 1. The molecule has 0 bridgehead atoms. The predicted molar refractivity (Wildman–Crippen MR) is 84.9 cm³/mol. The number of aromatic nitrogens is 2. The zero-order chi connectivity index (χ0) is 15.4. The fraction of sp³-hybridized carbons (Fsp3) is 0.529. The number of fused-ring (bicyclic) bond motifs is 1. The normalized spacial score (nSPS) is 12.7. The van der Waals surface area contributed by atoms with Gasteiger partial charge in [-0.1, -0.05) is 38.7 Å². The van der Waals surface area contributed by atoms with Crippen molar-refractivity contribution in [2.45, 2.75) is 58.9 Å². The van der Waals surface area contributed by atoms with Gasteiger partial charge in [-0.15, -0.1) is 0 Å². The highest BCUT2D eigenvalue weighted by atomic mass is 16.4. The lowest BCUT2D eigenvalue weighted by molar-refractivity contribution is 0.0699. The van der Waals surface area contributed by atoms with Gasteiger partial charge in [0.05, 0.1) is 11.1 Å². The van der Waals surface area contributed by atoms with Gasteiger partial charge in [-0.05, 0) is 32.4 Å². The number of nitrogens with zero attached hydrogens (tertiary/aromatic N) is 2. The number of carbonyl (C=O) groups is 1. The number of imidazole rings is 1. The van der Waals surface area contributed by atoms with Crippen LogP contribution in [0.2, 0.25) is 0 Å². The fourth-order valence-electron chi connectivity index (χ4n) is 2.96. The number of hydrogen-bond donors (Lipinski definition) is 1. The molecule has 0 aliphatic heterocycles. The lowest BCUT2D eigenvalue weighted by Crippen LogP contribution is -2.07. The molecule has 2 rings (SSSR count). The second kappa shape index (κ2) is 6.74. The second-order valence-corrected chi connectivity index (χ2v) is 5.71. The highest BCUT2D eigenvalue weighted by Crippen LogP contribution is 2.26. The molecule has 0 radical (unpaired) electrons. The smallest absolute Gasteiger partial charge is 0.337 e. The molecule has 0 aliphatic carbocycles. The lowest BCUT2D eigenvalue weighted by atomic mass is 10.1. The largest absolute Gasteiger partial charge is 0.478 e. The first-order valence-electron chi connectivity index (χ1n) is 7.77. The summed E-state index contributed by atoms with van der Waals surface area (Å²) in [6.07, 6.45) is 6.08. The van der Waals surface area contributed by atoms with Crippen LogP contribution in [-0.4, -0.2) is 20.6 Å². The maximum atomic E-state index is 11.3. The first-order valence-corrected chi connectivity index (χ1v) is 7.77. The SMILES string of the molecule is CCCCCCC(C)n1c(C)nc2c(C(=O)O)cccc21. The van der Waals surface area contributed by atoms with E-state index in [4.69, 9.17) is 0 Å². The Labute approximate surface area is 125 Å². The van der Waals surface area contributed by atoms with E-state index < -0.39 is 5.97 Å². The third kappa shape index (κ3) is 3.26. The molecule has 21 heavy (non-hydrogen) atoms. The molecular formula is C17H24N2O2. The summed E-state index contributed by atoms with van der Waals surface area (Å²) in [5.74, 6) is -0.0254. The van der Waals surface area contributed by atoms with Gasteiger partial charge in [-0.3, -0.25) is 0 Å². The van der Waals surface area contributed by atoms with Crippen molar-refractivity contribution in [1.82, 2.24) is 9.55 Å². The maximum Gasteiger partial charge on any atom is 0.337 e. The number of aryl methyl sites for hydroxylation is 1. The fourth-order valence-corrected chi connectivity index (χ4v) is 2.96. The van der Waals surface area contributed by atoms with Crippen LogP contribution >= 0.6 is 0 Å². The number of hydrogen-bond acceptors (Lipinski definition) is 2. The van der Waals surface area contributed by atoms with E-state index in [1.54, 1.807) is 12.1 Å². The molecule has 4 heteroatoms. The van der Waals surface area contributed by atoms with Gasteiger partial charge in [0.2, 0.25) is 0 Å². The van der Waals surface area contributed by atoms with Crippen molar-refractivity contribution < 1.29 is 9.90 Å². The van der Waals surface area contributed by atoms with E-state index in [9.17, 15) is 9.90 Å². The minimum atomic E-state index is -0.916. The predicted octanol–water partition coefficient (Wildman–Crippen LogP) is 4.57. The van der Waals surface area contributed by atoms with Crippen molar-refractivity contribution in [3.63, 3.8) is 0 Å². The number of rotatable bonds is 7. The molecule has 0 saturated carbocycles.